The zero-order valence-electron chi connectivity index (χ0n) is 12.5. The summed E-state index contributed by atoms with van der Waals surface area (Å²) >= 11 is 3.57. The van der Waals surface area contributed by atoms with Gasteiger partial charge in [0.25, 0.3) is 0 Å². The fraction of sp³-hybridized carbons (Fsp3) is 0.625. The molecular formula is C16H25BrN2O. The molecule has 4 heteroatoms. The molecule has 0 spiro atoms. The highest BCUT2D eigenvalue weighted by molar-refractivity contribution is 9.10. The summed E-state index contributed by atoms with van der Waals surface area (Å²) in [5.74, 6) is 0.897. The zero-order valence-corrected chi connectivity index (χ0v) is 14.1. The van der Waals surface area contributed by atoms with E-state index in [2.05, 4.69) is 45.2 Å². The van der Waals surface area contributed by atoms with Crippen molar-refractivity contribution < 1.29 is 4.74 Å². The van der Waals surface area contributed by atoms with Gasteiger partial charge in [-0.25, -0.2) is 0 Å². The molecule has 0 aliphatic carbocycles. The minimum Gasteiger partial charge on any atom is -0.496 e. The van der Waals surface area contributed by atoms with Gasteiger partial charge in [0.2, 0.25) is 0 Å². The molecule has 1 aliphatic rings. The van der Waals surface area contributed by atoms with E-state index >= 15 is 0 Å². The molecule has 0 radical (unpaired) electrons. The van der Waals surface area contributed by atoms with Crippen molar-refractivity contribution in [1.82, 2.24) is 10.2 Å². The first kappa shape index (κ1) is 15.8. The second kappa shape index (κ2) is 8.01. The number of methoxy groups -OCH3 is 1. The lowest BCUT2D eigenvalue weighted by Crippen LogP contribution is -2.37. The number of benzene rings is 1. The maximum atomic E-state index is 5.29. The van der Waals surface area contributed by atoms with Crippen LogP contribution in [0.4, 0.5) is 0 Å². The van der Waals surface area contributed by atoms with E-state index in [-0.39, 0.29) is 0 Å². The quantitative estimate of drug-likeness (QED) is 0.822. The molecule has 0 aromatic heterocycles. The third-order valence-corrected chi connectivity index (χ3v) is 4.42. The summed E-state index contributed by atoms with van der Waals surface area (Å²) in [6, 6.07) is 7.04. The number of rotatable bonds is 7. The van der Waals surface area contributed by atoms with Gasteiger partial charge in [-0.2, -0.15) is 0 Å². The van der Waals surface area contributed by atoms with Crippen LogP contribution in [0.25, 0.3) is 0 Å². The third kappa shape index (κ3) is 4.47. The second-order valence-electron chi connectivity index (χ2n) is 5.50. The Morgan fingerprint density at radius 1 is 1.45 bits per heavy atom. The highest BCUT2D eigenvalue weighted by Gasteiger charge is 2.17. The SMILES string of the molecule is CCCN(Cc1ccc(OC)c(Br)c1)CC1CCCN1. The molecule has 1 saturated heterocycles. The summed E-state index contributed by atoms with van der Waals surface area (Å²) in [4.78, 5) is 2.55. The zero-order chi connectivity index (χ0) is 14.4. The molecule has 1 aromatic rings. The molecule has 0 saturated carbocycles. The molecule has 0 amide bonds. The highest BCUT2D eigenvalue weighted by Crippen LogP contribution is 2.26. The van der Waals surface area contributed by atoms with Gasteiger partial charge in [0, 0.05) is 19.1 Å². The van der Waals surface area contributed by atoms with Gasteiger partial charge < -0.3 is 10.1 Å². The average Bonchev–Trinajstić information content (AvgIpc) is 2.92. The van der Waals surface area contributed by atoms with Gasteiger partial charge in [-0.3, -0.25) is 4.90 Å². The summed E-state index contributed by atoms with van der Waals surface area (Å²) in [6.45, 7) is 6.74. The van der Waals surface area contributed by atoms with Crippen LogP contribution in [0.3, 0.4) is 0 Å². The van der Waals surface area contributed by atoms with Crippen LogP contribution in [0.2, 0.25) is 0 Å². The van der Waals surface area contributed by atoms with Crippen molar-refractivity contribution in [2.24, 2.45) is 0 Å². The first-order chi connectivity index (χ1) is 9.72. The Morgan fingerprint density at radius 2 is 2.30 bits per heavy atom. The largest absolute Gasteiger partial charge is 0.496 e. The summed E-state index contributed by atoms with van der Waals surface area (Å²) in [7, 11) is 1.70. The molecule has 1 fully saturated rings. The number of nitrogens with zero attached hydrogens (tertiary/aromatic N) is 1. The van der Waals surface area contributed by atoms with Crippen LogP contribution in [0.5, 0.6) is 5.75 Å². The van der Waals surface area contributed by atoms with E-state index in [0.717, 1.165) is 29.9 Å². The predicted octanol–water partition coefficient (Wildman–Crippen LogP) is 3.42. The van der Waals surface area contributed by atoms with Crippen LogP contribution in [0, 0.1) is 0 Å². The van der Waals surface area contributed by atoms with Crippen molar-refractivity contribution in [3.05, 3.63) is 28.2 Å². The van der Waals surface area contributed by atoms with Crippen LogP contribution in [-0.4, -0.2) is 37.7 Å². The van der Waals surface area contributed by atoms with Gasteiger partial charge in [0.15, 0.2) is 0 Å². The van der Waals surface area contributed by atoms with Crippen LogP contribution in [-0.2, 0) is 6.54 Å². The first-order valence-electron chi connectivity index (χ1n) is 7.51. The van der Waals surface area contributed by atoms with E-state index in [1.807, 2.05) is 6.07 Å². The molecule has 2 rings (SSSR count). The summed E-state index contributed by atoms with van der Waals surface area (Å²) in [5, 5.41) is 3.59. The lowest BCUT2D eigenvalue weighted by molar-refractivity contribution is 0.241. The first-order valence-corrected chi connectivity index (χ1v) is 8.30. The van der Waals surface area contributed by atoms with E-state index in [9.17, 15) is 0 Å². The molecule has 20 heavy (non-hydrogen) atoms. The van der Waals surface area contributed by atoms with E-state index < -0.39 is 0 Å². The predicted molar refractivity (Wildman–Crippen MR) is 87.3 cm³/mol. The van der Waals surface area contributed by atoms with Crippen LogP contribution in [0.15, 0.2) is 22.7 Å². The van der Waals surface area contributed by atoms with Crippen molar-refractivity contribution in [2.45, 2.75) is 38.8 Å². The average molecular weight is 341 g/mol. The van der Waals surface area contributed by atoms with E-state index in [0.29, 0.717) is 6.04 Å². The Labute approximate surface area is 130 Å². The Bertz CT molecular complexity index is 419. The fourth-order valence-corrected chi connectivity index (χ4v) is 3.43. The molecule has 1 atom stereocenters. The molecule has 1 aromatic carbocycles. The van der Waals surface area contributed by atoms with Crippen LogP contribution in [0.1, 0.15) is 31.7 Å². The van der Waals surface area contributed by atoms with Gasteiger partial charge in [-0.1, -0.05) is 13.0 Å². The number of hydrogen-bond acceptors (Lipinski definition) is 3. The smallest absolute Gasteiger partial charge is 0.133 e. The van der Waals surface area contributed by atoms with Crippen molar-refractivity contribution >= 4 is 15.9 Å². The Hall–Kier alpha value is -0.580. The molecule has 112 valence electrons. The molecule has 1 heterocycles. The number of hydrogen-bond donors (Lipinski definition) is 1. The lowest BCUT2D eigenvalue weighted by atomic mass is 10.1. The molecule has 1 unspecified atom stereocenters. The maximum absolute atomic E-state index is 5.29. The molecule has 1 N–H and O–H groups in total. The topological polar surface area (TPSA) is 24.5 Å². The summed E-state index contributed by atoms with van der Waals surface area (Å²) in [6.07, 6.45) is 3.83. The Morgan fingerprint density at radius 3 is 2.90 bits per heavy atom. The Balaban J connectivity index is 1.97. The third-order valence-electron chi connectivity index (χ3n) is 3.80. The minimum atomic E-state index is 0.670. The maximum Gasteiger partial charge on any atom is 0.133 e. The molecule has 0 bridgehead atoms. The summed E-state index contributed by atoms with van der Waals surface area (Å²) < 4.78 is 6.32. The monoisotopic (exact) mass is 340 g/mol. The molecule has 1 aliphatic heterocycles. The number of nitrogens with one attached hydrogen (secondary N) is 1. The number of ether oxygens (including phenoxy) is 1. The highest BCUT2D eigenvalue weighted by atomic mass is 79.9. The van der Waals surface area contributed by atoms with Crippen LogP contribution >= 0.6 is 15.9 Å². The fourth-order valence-electron chi connectivity index (χ4n) is 2.84. The number of halogens is 1. The van der Waals surface area contributed by atoms with Gasteiger partial charge in [-0.15, -0.1) is 0 Å². The van der Waals surface area contributed by atoms with Crippen molar-refractivity contribution in [1.29, 1.82) is 0 Å². The van der Waals surface area contributed by atoms with Gasteiger partial charge in [0.1, 0.15) is 5.75 Å². The van der Waals surface area contributed by atoms with Crippen molar-refractivity contribution in [2.75, 3.05) is 26.7 Å². The van der Waals surface area contributed by atoms with Gasteiger partial charge >= 0.3 is 0 Å². The van der Waals surface area contributed by atoms with Crippen molar-refractivity contribution in [3.63, 3.8) is 0 Å². The molecule has 3 nitrogen and oxygen atoms in total. The van der Waals surface area contributed by atoms with E-state index in [4.69, 9.17) is 4.74 Å². The summed E-state index contributed by atoms with van der Waals surface area (Å²) in [5.41, 5.74) is 1.34. The van der Waals surface area contributed by atoms with E-state index in [1.165, 1.54) is 31.4 Å². The normalized spacial score (nSPS) is 18.7. The Kier molecular flexibility index (Phi) is 6.33. The molecular weight excluding hydrogens is 316 g/mol. The standard InChI is InChI=1S/C16H25BrN2O/c1-3-9-19(12-14-5-4-8-18-14)11-13-6-7-16(20-2)15(17)10-13/h6-7,10,14,18H,3-5,8-9,11-12H2,1-2H3. The lowest BCUT2D eigenvalue weighted by Gasteiger charge is -2.25. The minimum absolute atomic E-state index is 0.670. The second-order valence-corrected chi connectivity index (χ2v) is 6.35. The van der Waals surface area contributed by atoms with E-state index in [1.54, 1.807) is 7.11 Å². The van der Waals surface area contributed by atoms with Gasteiger partial charge in [-0.05, 0) is 66.0 Å². The van der Waals surface area contributed by atoms with Gasteiger partial charge in [0.05, 0.1) is 11.6 Å². The van der Waals surface area contributed by atoms with Crippen molar-refractivity contribution in [3.8, 4) is 5.75 Å². The van der Waals surface area contributed by atoms with Crippen LogP contribution < -0.4 is 10.1 Å².